The number of rotatable bonds is 4. The summed E-state index contributed by atoms with van der Waals surface area (Å²) < 4.78 is 28.5. The molecule has 0 unspecified atom stereocenters. The van der Waals surface area contributed by atoms with Crippen LogP contribution in [0.15, 0.2) is 0 Å². The molecule has 1 heterocycles. The summed E-state index contributed by atoms with van der Waals surface area (Å²) in [5.74, 6) is -0.334. The first kappa shape index (κ1) is 16.3. The van der Waals surface area contributed by atoms with E-state index < -0.39 is 26.3 Å². The van der Waals surface area contributed by atoms with Crippen molar-refractivity contribution in [3.05, 3.63) is 0 Å². The van der Waals surface area contributed by atoms with Crippen molar-refractivity contribution in [2.24, 2.45) is 0 Å². The molecule has 0 aromatic carbocycles. The number of ether oxygens (including phenoxy) is 1. The molecule has 1 aliphatic heterocycles. The molecular formula is C14H23NO5S. The van der Waals surface area contributed by atoms with Crippen LogP contribution < -0.4 is 0 Å². The molecule has 0 aromatic rings. The van der Waals surface area contributed by atoms with Gasteiger partial charge in [0.1, 0.15) is 0 Å². The van der Waals surface area contributed by atoms with E-state index in [-0.39, 0.29) is 24.6 Å². The summed E-state index contributed by atoms with van der Waals surface area (Å²) in [6.07, 6.45) is 2.53. The third kappa shape index (κ3) is 2.93. The van der Waals surface area contributed by atoms with E-state index in [0.717, 1.165) is 17.7 Å². The molecule has 2 amide bonds. The third-order valence-electron chi connectivity index (χ3n) is 4.28. The fraction of sp³-hybridized carbons (Fsp3) is 0.857. The van der Waals surface area contributed by atoms with Gasteiger partial charge >= 0.3 is 6.09 Å². The van der Waals surface area contributed by atoms with Crippen molar-refractivity contribution in [2.45, 2.75) is 63.2 Å². The molecule has 7 heteroatoms. The molecule has 1 spiro atoms. The minimum Gasteiger partial charge on any atom is -0.432 e. The molecule has 2 rings (SSSR count). The largest absolute Gasteiger partial charge is 0.432 e. The molecule has 1 saturated carbocycles. The third-order valence-corrected chi connectivity index (χ3v) is 6.97. The van der Waals surface area contributed by atoms with Gasteiger partial charge in [-0.3, -0.25) is 4.79 Å². The highest BCUT2D eigenvalue weighted by Gasteiger charge is 2.54. The Morgan fingerprint density at radius 2 is 1.76 bits per heavy atom. The van der Waals surface area contributed by atoms with Gasteiger partial charge in [-0.2, -0.15) is 0 Å². The highest BCUT2D eigenvalue weighted by Crippen LogP contribution is 2.39. The molecule has 21 heavy (non-hydrogen) atoms. The quantitative estimate of drug-likeness (QED) is 0.791. The lowest BCUT2D eigenvalue weighted by Gasteiger charge is -2.20. The van der Waals surface area contributed by atoms with Gasteiger partial charge in [0.15, 0.2) is 15.4 Å². The highest BCUT2D eigenvalue weighted by atomic mass is 32.2. The molecule has 1 saturated heterocycles. The number of sulfone groups is 1. The number of amides is 2. The van der Waals surface area contributed by atoms with Gasteiger partial charge in [0.2, 0.25) is 0 Å². The number of hydrogen-bond donors (Lipinski definition) is 0. The van der Waals surface area contributed by atoms with Crippen molar-refractivity contribution in [1.82, 2.24) is 4.90 Å². The second-order valence-corrected chi connectivity index (χ2v) is 9.67. The molecule has 0 N–H and O–H groups in total. The first-order valence-corrected chi connectivity index (χ1v) is 9.02. The molecule has 2 fully saturated rings. The first-order valence-electron chi connectivity index (χ1n) is 7.36. The zero-order chi connectivity index (χ0) is 15.9. The van der Waals surface area contributed by atoms with Crippen LogP contribution in [0, 0.1) is 0 Å². The molecule has 120 valence electrons. The van der Waals surface area contributed by atoms with Gasteiger partial charge in [-0.1, -0.05) is 0 Å². The lowest BCUT2D eigenvalue weighted by molar-refractivity contribution is -0.136. The summed E-state index contributed by atoms with van der Waals surface area (Å²) in [4.78, 5) is 25.2. The van der Waals surface area contributed by atoms with Crippen LogP contribution in [-0.4, -0.2) is 48.0 Å². The number of nitrogens with zero attached hydrogens (tertiary/aromatic N) is 1. The predicted molar refractivity (Wildman–Crippen MR) is 77.5 cm³/mol. The Morgan fingerprint density at radius 1 is 1.19 bits per heavy atom. The molecule has 0 bridgehead atoms. The van der Waals surface area contributed by atoms with Crippen LogP contribution in [0.1, 0.15) is 52.9 Å². The predicted octanol–water partition coefficient (Wildman–Crippen LogP) is 1.88. The number of hydrogen-bond acceptors (Lipinski definition) is 5. The summed E-state index contributed by atoms with van der Waals surface area (Å²) in [7, 11) is -3.24. The highest BCUT2D eigenvalue weighted by molar-refractivity contribution is 7.92. The van der Waals surface area contributed by atoms with Crippen LogP contribution in [0.25, 0.3) is 0 Å². The van der Waals surface area contributed by atoms with Crippen LogP contribution in [0.2, 0.25) is 0 Å². The Labute approximate surface area is 125 Å². The van der Waals surface area contributed by atoms with Crippen molar-refractivity contribution in [1.29, 1.82) is 0 Å². The van der Waals surface area contributed by atoms with Gasteiger partial charge in [0.25, 0.3) is 5.91 Å². The summed E-state index contributed by atoms with van der Waals surface area (Å²) in [5, 5.41) is 0. The fourth-order valence-corrected chi connectivity index (χ4v) is 3.89. The Balaban J connectivity index is 1.95. The fourth-order valence-electron chi connectivity index (χ4n) is 2.77. The SMILES string of the molecule is CC(C)(C)S(=O)(=O)CCCN1C(=O)OC2(CCCC2)C1=O. The minimum atomic E-state index is -3.24. The maximum absolute atomic E-state index is 12.3. The van der Waals surface area contributed by atoms with Crippen LogP contribution in [0.4, 0.5) is 4.79 Å². The second-order valence-electron chi connectivity index (χ2n) is 6.81. The second kappa shape index (κ2) is 5.26. The van der Waals surface area contributed by atoms with Gasteiger partial charge < -0.3 is 4.74 Å². The molecule has 0 aromatic heterocycles. The smallest absolute Gasteiger partial charge is 0.417 e. The van der Waals surface area contributed by atoms with E-state index >= 15 is 0 Å². The van der Waals surface area contributed by atoms with E-state index in [1.165, 1.54) is 0 Å². The van der Waals surface area contributed by atoms with Crippen molar-refractivity contribution < 1.29 is 22.7 Å². The lowest BCUT2D eigenvalue weighted by Crippen LogP contribution is -2.40. The Hall–Kier alpha value is -1.11. The first-order chi connectivity index (χ1) is 9.59. The molecule has 0 radical (unpaired) electrons. The van der Waals surface area contributed by atoms with E-state index in [9.17, 15) is 18.0 Å². The van der Waals surface area contributed by atoms with Gasteiger partial charge in [0, 0.05) is 6.54 Å². The monoisotopic (exact) mass is 317 g/mol. The van der Waals surface area contributed by atoms with Gasteiger partial charge in [-0.25, -0.2) is 18.1 Å². The van der Waals surface area contributed by atoms with E-state index in [1.54, 1.807) is 20.8 Å². The maximum Gasteiger partial charge on any atom is 0.417 e. The molecular weight excluding hydrogens is 294 g/mol. The van der Waals surface area contributed by atoms with E-state index in [0.29, 0.717) is 12.8 Å². The molecule has 1 aliphatic carbocycles. The van der Waals surface area contributed by atoms with Crippen molar-refractivity contribution in [3.63, 3.8) is 0 Å². The van der Waals surface area contributed by atoms with Crippen LogP contribution in [0.3, 0.4) is 0 Å². The lowest BCUT2D eigenvalue weighted by atomic mass is 10.0. The minimum absolute atomic E-state index is 0.0411. The summed E-state index contributed by atoms with van der Waals surface area (Å²) >= 11 is 0. The Kier molecular flexibility index (Phi) is 4.08. The number of carbonyl (C=O) groups is 2. The summed E-state index contributed by atoms with van der Waals surface area (Å²) in [6, 6.07) is 0. The van der Waals surface area contributed by atoms with E-state index in [2.05, 4.69) is 0 Å². The van der Waals surface area contributed by atoms with E-state index in [1.807, 2.05) is 0 Å². The van der Waals surface area contributed by atoms with Gasteiger partial charge in [0.05, 0.1) is 10.5 Å². The topological polar surface area (TPSA) is 80.8 Å². The zero-order valence-electron chi connectivity index (χ0n) is 12.8. The van der Waals surface area contributed by atoms with Gasteiger partial charge in [-0.05, 0) is 52.9 Å². The number of carbonyl (C=O) groups excluding carboxylic acids is 2. The summed E-state index contributed by atoms with van der Waals surface area (Å²) in [5.41, 5.74) is -0.958. The normalized spacial score (nSPS) is 22.1. The van der Waals surface area contributed by atoms with Gasteiger partial charge in [-0.15, -0.1) is 0 Å². The molecule has 0 atom stereocenters. The van der Waals surface area contributed by atoms with Crippen LogP contribution in [-0.2, 0) is 19.4 Å². The molecule has 6 nitrogen and oxygen atoms in total. The van der Waals surface area contributed by atoms with Crippen molar-refractivity contribution >= 4 is 21.8 Å². The zero-order valence-corrected chi connectivity index (χ0v) is 13.7. The summed E-state index contributed by atoms with van der Waals surface area (Å²) in [6.45, 7) is 5.04. The number of imide groups is 1. The average molecular weight is 317 g/mol. The Morgan fingerprint density at radius 3 is 2.29 bits per heavy atom. The Bertz CT molecular complexity index is 540. The average Bonchev–Trinajstić information content (AvgIpc) is 2.89. The molecule has 2 aliphatic rings. The van der Waals surface area contributed by atoms with Crippen molar-refractivity contribution in [3.8, 4) is 0 Å². The van der Waals surface area contributed by atoms with E-state index in [4.69, 9.17) is 4.74 Å². The standard InChI is InChI=1S/C14H23NO5S/c1-13(2,3)21(18,19)10-6-9-15-11(16)14(20-12(15)17)7-4-5-8-14/h4-10H2,1-3H3. The van der Waals surface area contributed by atoms with Crippen LogP contribution in [0.5, 0.6) is 0 Å². The van der Waals surface area contributed by atoms with Crippen LogP contribution >= 0.6 is 0 Å². The van der Waals surface area contributed by atoms with Crippen molar-refractivity contribution in [2.75, 3.05) is 12.3 Å². The maximum atomic E-state index is 12.3.